The minimum atomic E-state index is -0.726. The van der Waals surface area contributed by atoms with Gasteiger partial charge in [-0.05, 0) is 23.8 Å². The van der Waals surface area contributed by atoms with Crippen LogP contribution in [0.5, 0.6) is 11.5 Å². The average molecular weight is 312 g/mol. The third-order valence-electron chi connectivity index (χ3n) is 2.12. The van der Waals surface area contributed by atoms with Crippen molar-refractivity contribution in [3.05, 3.63) is 27.7 Å². The molecule has 0 amide bonds. The van der Waals surface area contributed by atoms with E-state index in [4.69, 9.17) is 10.00 Å². The number of esters is 1. The van der Waals surface area contributed by atoms with E-state index in [1.165, 1.54) is 32.4 Å². The molecule has 0 spiro atoms. The van der Waals surface area contributed by atoms with Crippen LogP contribution in [0.15, 0.2) is 22.2 Å². The van der Waals surface area contributed by atoms with Gasteiger partial charge >= 0.3 is 5.97 Å². The second kappa shape index (κ2) is 6.07. The van der Waals surface area contributed by atoms with Gasteiger partial charge in [-0.1, -0.05) is 15.9 Å². The molecule has 1 rings (SSSR count). The number of nitriles is 1. The van der Waals surface area contributed by atoms with E-state index in [1.807, 2.05) is 0 Å². The summed E-state index contributed by atoms with van der Waals surface area (Å²) in [7, 11) is 2.60. The third kappa shape index (κ3) is 3.02. The van der Waals surface area contributed by atoms with Gasteiger partial charge in [-0.2, -0.15) is 5.26 Å². The Hall–Kier alpha value is -2.00. The fourth-order valence-electron chi connectivity index (χ4n) is 1.24. The topological polar surface area (TPSA) is 79.6 Å². The van der Waals surface area contributed by atoms with Gasteiger partial charge in [-0.25, -0.2) is 4.79 Å². The van der Waals surface area contributed by atoms with Crippen LogP contribution in [0, 0.1) is 11.3 Å². The van der Waals surface area contributed by atoms with Gasteiger partial charge in [-0.15, -0.1) is 0 Å². The first-order valence-corrected chi connectivity index (χ1v) is 5.59. The Balaban J connectivity index is 3.30. The number of rotatable bonds is 3. The van der Waals surface area contributed by atoms with Crippen LogP contribution < -0.4 is 4.74 Å². The predicted octanol–water partition coefficient (Wildman–Crippen LogP) is 2.24. The molecule has 0 atom stereocenters. The van der Waals surface area contributed by atoms with Crippen LogP contribution in [-0.2, 0) is 9.53 Å². The Labute approximate surface area is 112 Å². The molecule has 0 bridgehead atoms. The van der Waals surface area contributed by atoms with E-state index in [2.05, 4.69) is 20.7 Å². The van der Waals surface area contributed by atoms with Crippen molar-refractivity contribution in [3.63, 3.8) is 0 Å². The van der Waals surface area contributed by atoms with Crippen LogP contribution >= 0.6 is 15.9 Å². The molecule has 1 N–H and O–H groups in total. The highest BCUT2D eigenvalue weighted by Crippen LogP contribution is 2.33. The second-order valence-corrected chi connectivity index (χ2v) is 4.06. The molecule has 1 aromatic carbocycles. The quantitative estimate of drug-likeness (QED) is 0.526. The molecule has 6 heteroatoms. The standard InChI is InChI=1S/C12H10BrNO4/c1-17-11-4-7(9(13)5-10(11)15)3-8(6-14)12(16)18-2/h3-5,15H,1-2H3/b8-3+. The molecule has 0 aliphatic heterocycles. The lowest BCUT2D eigenvalue weighted by Crippen LogP contribution is -2.02. The molecule has 0 fully saturated rings. The van der Waals surface area contributed by atoms with Crippen molar-refractivity contribution in [1.82, 2.24) is 0 Å². The fraction of sp³-hybridized carbons (Fsp3) is 0.167. The van der Waals surface area contributed by atoms with Crippen molar-refractivity contribution in [2.75, 3.05) is 14.2 Å². The summed E-state index contributed by atoms with van der Waals surface area (Å²) in [5, 5.41) is 18.4. The molecule has 0 unspecified atom stereocenters. The Kier molecular flexibility index (Phi) is 4.75. The second-order valence-electron chi connectivity index (χ2n) is 3.21. The molecule has 0 heterocycles. The minimum absolute atomic E-state index is 0.0434. The van der Waals surface area contributed by atoms with Gasteiger partial charge in [-0.3, -0.25) is 0 Å². The molecule has 0 saturated heterocycles. The number of phenolic OH excluding ortho intramolecular Hbond substituents is 1. The molecular weight excluding hydrogens is 302 g/mol. The first-order chi connectivity index (χ1) is 8.53. The van der Waals surface area contributed by atoms with E-state index < -0.39 is 5.97 Å². The fourth-order valence-corrected chi connectivity index (χ4v) is 1.68. The van der Waals surface area contributed by atoms with Crippen molar-refractivity contribution in [3.8, 4) is 17.6 Å². The van der Waals surface area contributed by atoms with Crippen LogP contribution in [0.25, 0.3) is 6.08 Å². The lowest BCUT2D eigenvalue weighted by Gasteiger charge is -2.06. The number of hydrogen-bond donors (Lipinski definition) is 1. The summed E-state index contributed by atoms with van der Waals surface area (Å²) >= 11 is 3.22. The number of hydrogen-bond acceptors (Lipinski definition) is 5. The Morgan fingerprint density at radius 1 is 1.50 bits per heavy atom. The van der Waals surface area contributed by atoms with E-state index in [1.54, 1.807) is 6.07 Å². The number of benzene rings is 1. The first kappa shape index (κ1) is 14.1. The Bertz CT molecular complexity index is 546. The summed E-state index contributed by atoms with van der Waals surface area (Å²) in [6.45, 7) is 0. The number of methoxy groups -OCH3 is 2. The van der Waals surface area contributed by atoms with Crippen LogP contribution in [0.2, 0.25) is 0 Å². The van der Waals surface area contributed by atoms with Crippen LogP contribution in [0.4, 0.5) is 0 Å². The van der Waals surface area contributed by atoms with Crippen LogP contribution in [0.3, 0.4) is 0 Å². The van der Waals surface area contributed by atoms with E-state index in [9.17, 15) is 9.90 Å². The SMILES string of the molecule is COC(=O)/C(C#N)=C/c1cc(OC)c(O)cc1Br. The molecule has 0 aliphatic rings. The Morgan fingerprint density at radius 2 is 2.17 bits per heavy atom. The summed E-state index contributed by atoms with van der Waals surface area (Å²) in [6.07, 6.45) is 1.35. The van der Waals surface area contributed by atoms with Gasteiger partial charge in [0.15, 0.2) is 11.5 Å². The predicted molar refractivity (Wildman–Crippen MR) is 68.0 cm³/mol. The molecule has 1 aromatic rings. The van der Waals surface area contributed by atoms with E-state index >= 15 is 0 Å². The smallest absolute Gasteiger partial charge is 0.348 e. The molecule has 0 aromatic heterocycles. The lowest BCUT2D eigenvalue weighted by molar-refractivity contribution is -0.135. The van der Waals surface area contributed by atoms with E-state index in [-0.39, 0.29) is 17.1 Å². The highest BCUT2D eigenvalue weighted by molar-refractivity contribution is 9.10. The lowest BCUT2D eigenvalue weighted by atomic mass is 10.1. The van der Waals surface area contributed by atoms with Gasteiger partial charge < -0.3 is 14.6 Å². The zero-order valence-electron chi connectivity index (χ0n) is 9.73. The zero-order valence-corrected chi connectivity index (χ0v) is 11.3. The van der Waals surface area contributed by atoms with Gasteiger partial charge in [0.1, 0.15) is 11.6 Å². The van der Waals surface area contributed by atoms with Gasteiger partial charge in [0.25, 0.3) is 0 Å². The number of halogens is 1. The number of aromatic hydroxyl groups is 1. The number of phenols is 1. The molecule has 94 valence electrons. The first-order valence-electron chi connectivity index (χ1n) is 4.80. The monoisotopic (exact) mass is 311 g/mol. The number of ether oxygens (including phenoxy) is 2. The maximum absolute atomic E-state index is 11.3. The van der Waals surface area contributed by atoms with Crippen molar-refractivity contribution in [2.45, 2.75) is 0 Å². The van der Waals surface area contributed by atoms with Crippen LogP contribution in [0.1, 0.15) is 5.56 Å². The number of carbonyl (C=O) groups excluding carboxylic acids is 1. The highest BCUT2D eigenvalue weighted by Gasteiger charge is 2.12. The van der Waals surface area contributed by atoms with Crippen molar-refractivity contribution in [1.29, 1.82) is 5.26 Å². The van der Waals surface area contributed by atoms with Gasteiger partial charge in [0, 0.05) is 4.47 Å². The maximum atomic E-state index is 11.3. The molecular formula is C12H10BrNO4. The molecule has 0 aliphatic carbocycles. The van der Waals surface area contributed by atoms with Crippen molar-refractivity contribution in [2.24, 2.45) is 0 Å². The van der Waals surface area contributed by atoms with Crippen LogP contribution in [-0.4, -0.2) is 25.3 Å². The summed E-state index contributed by atoms with van der Waals surface area (Å²) in [4.78, 5) is 11.3. The number of carbonyl (C=O) groups is 1. The zero-order chi connectivity index (χ0) is 13.7. The molecule has 0 saturated carbocycles. The van der Waals surface area contributed by atoms with Crippen molar-refractivity contribution < 1.29 is 19.4 Å². The summed E-state index contributed by atoms with van der Waals surface area (Å²) in [6, 6.07) is 4.66. The molecule has 0 radical (unpaired) electrons. The summed E-state index contributed by atoms with van der Waals surface area (Å²) < 4.78 is 9.94. The van der Waals surface area contributed by atoms with E-state index in [0.717, 1.165) is 0 Å². The average Bonchev–Trinajstić information content (AvgIpc) is 2.37. The third-order valence-corrected chi connectivity index (χ3v) is 2.81. The minimum Gasteiger partial charge on any atom is -0.504 e. The van der Waals surface area contributed by atoms with Gasteiger partial charge in [0.05, 0.1) is 14.2 Å². The highest BCUT2D eigenvalue weighted by atomic mass is 79.9. The largest absolute Gasteiger partial charge is 0.504 e. The Morgan fingerprint density at radius 3 is 2.67 bits per heavy atom. The molecule has 18 heavy (non-hydrogen) atoms. The maximum Gasteiger partial charge on any atom is 0.348 e. The van der Waals surface area contributed by atoms with Crippen molar-refractivity contribution >= 4 is 28.0 Å². The van der Waals surface area contributed by atoms with E-state index in [0.29, 0.717) is 10.0 Å². The molecule has 5 nitrogen and oxygen atoms in total. The van der Waals surface area contributed by atoms with Gasteiger partial charge in [0.2, 0.25) is 0 Å². The summed E-state index contributed by atoms with van der Waals surface area (Å²) in [5.41, 5.74) is 0.373. The number of nitrogens with zero attached hydrogens (tertiary/aromatic N) is 1. The summed E-state index contributed by atoms with van der Waals surface area (Å²) in [5.74, 6) is -0.527. The normalized spacial score (nSPS) is 10.7.